The lowest BCUT2D eigenvalue weighted by Gasteiger charge is -1.97. The molecule has 0 aliphatic heterocycles. The lowest BCUT2D eigenvalue weighted by molar-refractivity contribution is 1.35. The Kier molecular flexibility index (Phi) is 2.44. The van der Waals surface area contributed by atoms with Gasteiger partial charge in [-0.25, -0.2) is 4.98 Å². The molecule has 4 aromatic rings. The number of H-pyrrole nitrogens is 1. The van der Waals surface area contributed by atoms with Crippen LogP contribution in [-0.2, 0) is 0 Å². The molecule has 1 N–H and O–H groups in total. The van der Waals surface area contributed by atoms with Gasteiger partial charge in [0.15, 0.2) is 0 Å². The van der Waals surface area contributed by atoms with E-state index in [9.17, 15) is 0 Å². The molecule has 0 bridgehead atoms. The number of aromatic amines is 1. The van der Waals surface area contributed by atoms with Crippen molar-refractivity contribution in [3.63, 3.8) is 0 Å². The highest BCUT2D eigenvalue weighted by Crippen LogP contribution is 2.33. The fourth-order valence-electron chi connectivity index (χ4n) is 2.48. The van der Waals surface area contributed by atoms with E-state index in [-0.39, 0.29) is 0 Å². The first kappa shape index (κ1) is 11.7. The first-order chi connectivity index (χ1) is 9.70. The molecule has 0 aliphatic rings. The van der Waals surface area contributed by atoms with Crippen LogP contribution in [0.15, 0.2) is 42.5 Å². The number of imidazole rings is 1. The summed E-state index contributed by atoms with van der Waals surface area (Å²) in [6.45, 7) is 4.26. The minimum Gasteiger partial charge on any atom is -0.337 e. The molecule has 2 aromatic carbocycles. The van der Waals surface area contributed by atoms with Gasteiger partial charge >= 0.3 is 0 Å². The molecule has 0 radical (unpaired) electrons. The molecule has 0 fully saturated rings. The fourth-order valence-corrected chi connectivity index (χ4v) is 3.49. The molecule has 0 unspecified atom stereocenters. The molecule has 3 heteroatoms. The van der Waals surface area contributed by atoms with Gasteiger partial charge in [0, 0.05) is 4.70 Å². The van der Waals surface area contributed by atoms with Crippen molar-refractivity contribution in [1.29, 1.82) is 0 Å². The summed E-state index contributed by atoms with van der Waals surface area (Å²) in [6, 6.07) is 15.0. The molecule has 0 spiro atoms. The second-order valence-corrected chi connectivity index (χ2v) is 6.27. The van der Waals surface area contributed by atoms with Crippen molar-refractivity contribution in [3.8, 4) is 10.7 Å². The molecule has 98 valence electrons. The van der Waals surface area contributed by atoms with Crippen LogP contribution in [0.3, 0.4) is 0 Å². The highest BCUT2D eigenvalue weighted by atomic mass is 32.1. The maximum atomic E-state index is 4.74. The molecular formula is C17H14N2S. The van der Waals surface area contributed by atoms with Crippen molar-refractivity contribution in [1.82, 2.24) is 9.97 Å². The summed E-state index contributed by atoms with van der Waals surface area (Å²) in [6.07, 6.45) is 0. The van der Waals surface area contributed by atoms with Gasteiger partial charge < -0.3 is 4.98 Å². The van der Waals surface area contributed by atoms with E-state index in [1.807, 2.05) is 0 Å². The van der Waals surface area contributed by atoms with Crippen LogP contribution in [0.4, 0.5) is 0 Å². The van der Waals surface area contributed by atoms with Crippen molar-refractivity contribution in [3.05, 3.63) is 53.6 Å². The topological polar surface area (TPSA) is 28.7 Å². The van der Waals surface area contributed by atoms with Gasteiger partial charge in [-0.15, -0.1) is 11.3 Å². The second kappa shape index (κ2) is 4.18. The number of aryl methyl sites for hydroxylation is 2. The van der Waals surface area contributed by atoms with Gasteiger partial charge in [0.05, 0.1) is 15.9 Å². The number of benzene rings is 2. The molecule has 2 aromatic heterocycles. The summed E-state index contributed by atoms with van der Waals surface area (Å²) in [5, 5.41) is 1.28. The van der Waals surface area contributed by atoms with Gasteiger partial charge in [-0.05, 0) is 54.6 Å². The van der Waals surface area contributed by atoms with E-state index in [1.165, 1.54) is 26.1 Å². The zero-order chi connectivity index (χ0) is 13.7. The van der Waals surface area contributed by atoms with Gasteiger partial charge in [0.2, 0.25) is 0 Å². The van der Waals surface area contributed by atoms with Crippen molar-refractivity contribution in [2.24, 2.45) is 0 Å². The van der Waals surface area contributed by atoms with Crippen LogP contribution >= 0.6 is 11.3 Å². The molecule has 0 saturated carbocycles. The number of nitrogens with zero attached hydrogens (tertiary/aromatic N) is 1. The van der Waals surface area contributed by atoms with Crippen LogP contribution in [0.25, 0.3) is 31.8 Å². The Morgan fingerprint density at radius 2 is 1.80 bits per heavy atom. The maximum Gasteiger partial charge on any atom is 0.148 e. The highest BCUT2D eigenvalue weighted by molar-refractivity contribution is 7.22. The molecule has 0 atom stereocenters. The van der Waals surface area contributed by atoms with Crippen molar-refractivity contribution >= 4 is 32.5 Å². The number of thiophene rings is 1. The highest BCUT2D eigenvalue weighted by Gasteiger charge is 2.09. The average Bonchev–Trinajstić information content (AvgIpc) is 3.02. The minimum atomic E-state index is 0.964. The number of rotatable bonds is 1. The van der Waals surface area contributed by atoms with Gasteiger partial charge in [-0.3, -0.25) is 0 Å². The predicted octanol–water partition coefficient (Wildman–Crippen LogP) is 5.06. The third kappa shape index (κ3) is 1.74. The van der Waals surface area contributed by atoms with Gasteiger partial charge in [-0.1, -0.05) is 18.2 Å². The van der Waals surface area contributed by atoms with Crippen LogP contribution in [0.1, 0.15) is 11.1 Å². The quantitative estimate of drug-likeness (QED) is 0.518. The Morgan fingerprint density at radius 3 is 2.65 bits per heavy atom. The number of aromatic nitrogens is 2. The number of hydrogen-bond donors (Lipinski definition) is 1. The Labute approximate surface area is 121 Å². The average molecular weight is 278 g/mol. The van der Waals surface area contributed by atoms with Crippen LogP contribution < -0.4 is 0 Å². The van der Waals surface area contributed by atoms with Crippen LogP contribution in [0.2, 0.25) is 0 Å². The lowest BCUT2D eigenvalue weighted by Crippen LogP contribution is -1.79. The summed E-state index contributed by atoms with van der Waals surface area (Å²) in [5.74, 6) is 0.964. The third-order valence-electron chi connectivity index (χ3n) is 3.76. The van der Waals surface area contributed by atoms with Gasteiger partial charge in [0.1, 0.15) is 5.82 Å². The summed E-state index contributed by atoms with van der Waals surface area (Å²) < 4.78 is 1.30. The third-order valence-corrected chi connectivity index (χ3v) is 4.88. The maximum absolute atomic E-state index is 4.74. The first-order valence-corrected chi connectivity index (χ1v) is 7.48. The monoisotopic (exact) mass is 278 g/mol. The molecule has 0 amide bonds. The second-order valence-electron chi connectivity index (χ2n) is 5.19. The molecule has 0 aliphatic carbocycles. The van der Waals surface area contributed by atoms with E-state index in [0.29, 0.717) is 0 Å². The van der Waals surface area contributed by atoms with E-state index >= 15 is 0 Å². The molecule has 4 rings (SSSR count). The number of fused-ring (bicyclic) bond motifs is 2. The summed E-state index contributed by atoms with van der Waals surface area (Å²) in [7, 11) is 0. The normalized spacial score (nSPS) is 11.5. The zero-order valence-electron chi connectivity index (χ0n) is 11.4. The number of nitrogens with one attached hydrogen (secondary N) is 1. The van der Waals surface area contributed by atoms with E-state index in [2.05, 4.69) is 61.3 Å². The molecule has 2 nitrogen and oxygen atoms in total. The molecule has 0 saturated heterocycles. The van der Waals surface area contributed by atoms with Gasteiger partial charge in [0.25, 0.3) is 0 Å². The van der Waals surface area contributed by atoms with E-state index in [0.717, 1.165) is 16.9 Å². The summed E-state index contributed by atoms with van der Waals surface area (Å²) in [5.41, 5.74) is 4.73. The molecular weight excluding hydrogens is 264 g/mol. The van der Waals surface area contributed by atoms with Crippen LogP contribution in [0, 0.1) is 13.8 Å². The van der Waals surface area contributed by atoms with Gasteiger partial charge in [-0.2, -0.15) is 0 Å². The smallest absolute Gasteiger partial charge is 0.148 e. The molecule has 20 heavy (non-hydrogen) atoms. The van der Waals surface area contributed by atoms with E-state index in [4.69, 9.17) is 4.98 Å². The Hall–Kier alpha value is -2.13. The van der Waals surface area contributed by atoms with Crippen molar-refractivity contribution in [2.75, 3.05) is 0 Å². The first-order valence-electron chi connectivity index (χ1n) is 6.66. The SMILES string of the molecule is Cc1cc2nc(-c3cc4ccccc4s3)[nH]c2cc1C. The van der Waals surface area contributed by atoms with Crippen molar-refractivity contribution < 1.29 is 0 Å². The van der Waals surface area contributed by atoms with E-state index < -0.39 is 0 Å². The van der Waals surface area contributed by atoms with Crippen molar-refractivity contribution in [2.45, 2.75) is 13.8 Å². The minimum absolute atomic E-state index is 0.964. The Bertz CT molecular complexity index is 859. The van der Waals surface area contributed by atoms with Crippen LogP contribution in [0.5, 0.6) is 0 Å². The Balaban J connectivity index is 1.93. The molecule has 2 heterocycles. The predicted molar refractivity (Wildman–Crippen MR) is 86.4 cm³/mol. The standard InChI is InChI=1S/C17H14N2S/c1-10-7-13-14(8-11(10)2)19-17(18-13)16-9-12-5-3-4-6-15(12)20-16/h3-9H,1-2H3,(H,18,19). The lowest BCUT2D eigenvalue weighted by atomic mass is 10.1. The Morgan fingerprint density at radius 1 is 1.00 bits per heavy atom. The summed E-state index contributed by atoms with van der Waals surface area (Å²) in [4.78, 5) is 9.37. The number of hydrogen-bond acceptors (Lipinski definition) is 2. The fraction of sp³-hybridized carbons (Fsp3) is 0.118. The zero-order valence-corrected chi connectivity index (χ0v) is 12.2. The largest absolute Gasteiger partial charge is 0.337 e. The summed E-state index contributed by atoms with van der Waals surface area (Å²) >= 11 is 1.78. The van der Waals surface area contributed by atoms with Crippen LogP contribution in [-0.4, -0.2) is 9.97 Å². The van der Waals surface area contributed by atoms with E-state index in [1.54, 1.807) is 11.3 Å².